The van der Waals surface area contributed by atoms with Crippen LogP contribution in [-0.4, -0.2) is 68.5 Å². The number of allylic oxidation sites excluding steroid dienone is 15. The molecule has 0 saturated heterocycles. The number of phosphoric ester groups is 1. The number of amides is 1. The van der Waals surface area contributed by atoms with Crippen LogP contribution in [0.15, 0.2) is 97.2 Å². The van der Waals surface area contributed by atoms with Crippen molar-refractivity contribution in [3.63, 3.8) is 0 Å². The van der Waals surface area contributed by atoms with Crippen LogP contribution >= 0.6 is 7.82 Å². The smallest absolute Gasteiger partial charge is 0.268 e. The molecule has 3 unspecified atom stereocenters. The van der Waals surface area contributed by atoms with Gasteiger partial charge in [0.25, 0.3) is 7.82 Å². The van der Waals surface area contributed by atoms with Crippen molar-refractivity contribution < 1.29 is 32.9 Å². The summed E-state index contributed by atoms with van der Waals surface area (Å²) in [7, 11) is 1.24. The van der Waals surface area contributed by atoms with Crippen molar-refractivity contribution in [2.75, 3.05) is 40.9 Å². The number of carbonyl (C=O) groups is 1. The van der Waals surface area contributed by atoms with Crippen LogP contribution < -0.4 is 10.2 Å². The predicted octanol–water partition coefficient (Wildman–Crippen LogP) is 24.2. The van der Waals surface area contributed by atoms with E-state index >= 15 is 0 Å². The molecule has 0 radical (unpaired) electrons. The quantitative estimate of drug-likeness (QED) is 0.0272. The molecule has 0 saturated carbocycles. The fourth-order valence-corrected chi connectivity index (χ4v) is 11.9. The lowest BCUT2D eigenvalue weighted by Crippen LogP contribution is -2.45. The minimum atomic E-state index is -4.62. The van der Waals surface area contributed by atoms with E-state index in [0.717, 1.165) is 77.0 Å². The molecule has 3 atom stereocenters. The van der Waals surface area contributed by atoms with Crippen LogP contribution in [0.2, 0.25) is 0 Å². The third-order valence-electron chi connectivity index (χ3n) is 17.0. The summed E-state index contributed by atoms with van der Waals surface area (Å²) in [4.78, 5) is 25.7. The molecule has 0 aliphatic heterocycles. The van der Waals surface area contributed by atoms with Gasteiger partial charge in [-0.1, -0.05) is 355 Å². The largest absolute Gasteiger partial charge is 0.756 e. The number of phosphoric acid groups is 1. The van der Waals surface area contributed by atoms with Crippen molar-refractivity contribution in [1.82, 2.24) is 5.32 Å². The summed E-state index contributed by atoms with van der Waals surface area (Å²) in [6, 6.07) is -0.916. The molecule has 0 aromatic carbocycles. The zero-order valence-corrected chi connectivity index (χ0v) is 60.3. The summed E-state index contributed by atoms with van der Waals surface area (Å²) in [6.45, 7) is 4.55. The first kappa shape index (κ1) is 86.4. The molecule has 0 aromatic heterocycles. The molecule has 0 heterocycles. The standard InChI is InChI=1S/C80H147N2O6P/c1-6-8-10-12-14-16-18-20-22-24-26-28-30-32-34-36-38-40-41-42-44-46-48-50-52-54-56-58-60-62-64-66-68-70-72-74-80(84)81-78(77-88-89(85,86)87-76-75-82(3,4)5)79(83)73-71-69-67-65-63-61-59-57-55-53-51-49-47-45-43-39-37-35-33-31-29-27-25-23-21-19-17-15-13-11-9-7-2/h8,10,14,16,20,22,26,28,32,34,55,57,63,65,71,73,78-79,83H,6-7,9,11-13,15,17-19,21,23-25,27,29-31,33,35-54,56,58-62,64,66-70,72,74-77H2,1-5H3,(H-,81,84,85,86)/b10-8-,16-14-,22-20-,28-26-,34-32-,57-55+,65-63+,73-71+. The molecule has 0 aliphatic rings. The van der Waals surface area contributed by atoms with E-state index in [1.54, 1.807) is 6.08 Å². The van der Waals surface area contributed by atoms with E-state index in [9.17, 15) is 19.4 Å². The van der Waals surface area contributed by atoms with Gasteiger partial charge in [0.15, 0.2) is 0 Å². The number of unbranched alkanes of at least 4 members (excludes halogenated alkanes) is 43. The number of likely N-dealkylation sites (N-methyl/N-ethyl adjacent to an activating group) is 1. The van der Waals surface area contributed by atoms with Gasteiger partial charge in [-0.3, -0.25) is 9.36 Å². The monoisotopic (exact) mass is 1260 g/mol. The topological polar surface area (TPSA) is 108 Å². The van der Waals surface area contributed by atoms with E-state index in [1.165, 1.54) is 257 Å². The van der Waals surface area contributed by atoms with Crippen molar-refractivity contribution in [3.8, 4) is 0 Å². The van der Waals surface area contributed by atoms with Gasteiger partial charge in [0.1, 0.15) is 13.2 Å². The maximum Gasteiger partial charge on any atom is 0.268 e. The van der Waals surface area contributed by atoms with Gasteiger partial charge in [-0.2, -0.15) is 0 Å². The number of hydrogen-bond donors (Lipinski definition) is 2. The Morgan fingerprint density at radius 1 is 0.404 bits per heavy atom. The molecular formula is C80H147N2O6P. The predicted molar refractivity (Wildman–Crippen MR) is 390 cm³/mol. The first-order valence-corrected chi connectivity index (χ1v) is 39.6. The Bertz CT molecular complexity index is 1780. The second-order valence-electron chi connectivity index (χ2n) is 27.0. The lowest BCUT2D eigenvalue weighted by molar-refractivity contribution is -0.870. The maximum absolute atomic E-state index is 13.1. The van der Waals surface area contributed by atoms with E-state index < -0.39 is 26.6 Å². The summed E-state index contributed by atoms with van der Waals surface area (Å²) in [6.07, 6.45) is 101. The van der Waals surface area contributed by atoms with E-state index in [-0.39, 0.29) is 12.5 Å². The molecule has 0 bridgehead atoms. The van der Waals surface area contributed by atoms with Gasteiger partial charge in [-0.15, -0.1) is 0 Å². The molecule has 0 rings (SSSR count). The molecule has 0 aliphatic carbocycles. The highest BCUT2D eigenvalue weighted by molar-refractivity contribution is 7.45. The Balaban J connectivity index is 4.06. The van der Waals surface area contributed by atoms with Gasteiger partial charge < -0.3 is 28.8 Å². The van der Waals surface area contributed by atoms with Gasteiger partial charge in [0, 0.05) is 6.42 Å². The number of nitrogens with zero attached hydrogens (tertiary/aromatic N) is 1. The van der Waals surface area contributed by atoms with E-state index in [1.807, 2.05) is 27.2 Å². The van der Waals surface area contributed by atoms with Gasteiger partial charge in [-0.05, 0) is 89.9 Å². The highest BCUT2D eigenvalue weighted by Gasteiger charge is 2.23. The Morgan fingerprint density at radius 2 is 0.697 bits per heavy atom. The number of quaternary nitrogens is 1. The van der Waals surface area contributed by atoms with Gasteiger partial charge in [0.2, 0.25) is 5.91 Å². The van der Waals surface area contributed by atoms with E-state index in [4.69, 9.17) is 9.05 Å². The second-order valence-corrected chi connectivity index (χ2v) is 28.4. The lowest BCUT2D eigenvalue weighted by Gasteiger charge is -2.29. The van der Waals surface area contributed by atoms with Crippen molar-refractivity contribution in [3.05, 3.63) is 97.2 Å². The Labute approximate surface area is 553 Å². The third-order valence-corrected chi connectivity index (χ3v) is 18.0. The zero-order chi connectivity index (χ0) is 64.8. The van der Waals surface area contributed by atoms with Crippen LogP contribution in [0, 0.1) is 0 Å². The van der Waals surface area contributed by atoms with Gasteiger partial charge >= 0.3 is 0 Å². The summed E-state index contributed by atoms with van der Waals surface area (Å²) in [5.74, 6) is -0.208. The van der Waals surface area contributed by atoms with Crippen LogP contribution in [0.4, 0.5) is 0 Å². The fraction of sp³-hybridized carbons (Fsp3) is 0.787. The summed E-state index contributed by atoms with van der Waals surface area (Å²) >= 11 is 0. The van der Waals surface area contributed by atoms with E-state index in [2.05, 4.69) is 104 Å². The summed E-state index contributed by atoms with van der Waals surface area (Å²) < 4.78 is 23.5. The SMILES string of the molecule is CC/C=C\C/C=C\C/C=C\C/C=C\C/C=C\CCCCCCCCCCCCCCCCCCCCCC(=O)NC(COP(=O)([O-])OCC[N+](C)(C)C)C(O)/C=C/CC/C=C/CC/C=C/CCCCCCCCCCCCCCCCCCCCCCCC. The minimum Gasteiger partial charge on any atom is -0.756 e. The number of hydrogen-bond acceptors (Lipinski definition) is 6. The fourth-order valence-electron chi connectivity index (χ4n) is 11.2. The van der Waals surface area contributed by atoms with Gasteiger partial charge in [-0.25, -0.2) is 0 Å². The number of nitrogens with one attached hydrogen (secondary N) is 1. The Kier molecular flexibility index (Phi) is 67.7. The Morgan fingerprint density at radius 3 is 1.04 bits per heavy atom. The maximum atomic E-state index is 13.1. The first-order chi connectivity index (χ1) is 43.5. The molecular weight excluding hydrogens is 1120 g/mol. The number of aliphatic hydroxyl groups excluding tert-OH is 1. The minimum absolute atomic E-state index is 0.0108. The van der Waals surface area contributed by atoms with Crippen molar-refractivity contribution in [2.24, 2.45) is 0 Å². The number of aliphatic hydroxyl groups is 1. The van der Waals surface area contributed by atoms with Crippen molar-refractivity contribution in [1.29, 1.82) is 0 Å². The highest BCUT2D eigenvalue weighted by Crippen LogP contribution is 2.38. The van der Waals surface area contributed by atoms with Crippen LogP contribution in [-0.2, 0) is 18.4 Å². The normalized spacial score (nSPS) is 14.1. The molecule has 9 heteroatoms. The van der Waals surface area contributed by atoms with Crippen LogP contribution in [0.1, 0.15) is 354 Å². The van der Waals surface area contributed by atoms with E-state index in [0.29, 0.717) is 17.4 Å². The molecule has 8 nitrogen and oxygen atoms in total. The second kappa shape index (κ2) is 69.8. The van der Waals surface area contributed by atoms with Crippen LogP contribution in [0.25, 0.3) is 0 Å². The average Bonchev–Trinajstić information content (AvgIpc) is 3.64. The molecule has 518 valence electrons. The van der Waals surface area contributed by atoms with Crippen LogP contribution in [0.5, 0.6) is 0 Å². The van der Waals surface area contributed by atoms with Gasteiger partial charge in [0.05, 0.1) is 39.9 Å². The summed E-state index contributed by atoms with van der Waals surface area (Å²) in [5.41, 5.74) is 0. The highest BCUT2D eigenvalue weighted by atomic mass is 31.2. The Hall–Kier alpha value is -2.58. The molecule has 89 heavy (non-hydrogen) atoms. The molecule has 0 spiro atoms. The average molecular weight is 1260 g/mol. The lowest BCUT2D eigenvalue weighted by atomic mass is 10.0. The van der Waals surface area contributed by atoms with Crippen molar-refractivity contribution >= 4 is 13.7 Å². The third kappa shape index (κ3) is 72.7. The molecule has 0 aromatic rings. The molecule has 2 N–H and O–H groups in total. The van der Waals surface area contributed by atoms with Crippen molar-refractivity contribution in [2.45, 2.75) is 366 Å². The summed E-state index contributed by atoms with van der Waals surface area (Å²) in [5, 5.41) is 14.0. The molecule has 1 amide bonds. The van der Waals surface area contributed by atoms with Crippen LogP contribution in [0.3, 0.4) is 0 Å². The number of rotatable bonds is 70. The number of carbonyl (C=O) groups excluding carboxylic acids is 1. The first-order valence-electron chi connectivity index (χ1n) is 38.1. The zero-order valence-electron chi connectivity index (χ0n) is 59.4. The molecule has 0 fully saturated rings.